The van der Waals surface area contributed by atoms with Crippen molar-refractivity contribution in [2.24, 2.45) is 0 Å². The van der Waals surface area contributed by atoms with E-state index in [0.29, 0.717) is 12.4 Å². The molecule has 0 amide bonds. The molecular weight excluding hydrogens is 142 g/mol. The van der Waals surface area contributed by atoms with Gasteiger partial charge in [0.05, 0.1) is 6.54 Å². The maximum atomic E-state index is 5.28. The number of aromatic nitrogens is 2. The molecule has 4 heteroatoms. The lowest BCUT2D eigenvalue weighted by molar-refractivity contribution is 0.438. The largest absolute Gasteiger partial charge is 0.424 e. The molecule has 0 bridgehead atoms. The Labute approximate surface area is 66.0 Å². The van der Waals surface area contributed by atoms with E-state index in [2.05, 4.69) is 22.4 Å². The molecule has 0 unspecified atom stereocenters. The Morgan fingerprint density at radius 2 is 2.09 bits per heavy atom. The molecule has 0 spiro atoms. The van der Waals surface area contributed by atoms with Gasteiger partial charge in [0.15, 0.2) is 0 Å². The summed E-state index contributed by atoms with van der Waals surface area (Å²) in [7, 11) is 1.85. The van der Waals surface area contributed by atoms with Crippen molar-refractivity contribution in [3.63, 3.8) is 0 Å². The molecule has 1 aromatic rings. The van der Waals surface area contributed by atoms with Gasteiger partial charge in [0, 0.05) is 6.42 Å². The molecule has 0 saturated heterocycles. The molecule has 1 aromatic heterocycles. The number of nitrogens with one attached hydrogen (secondary N) is 1. The first-order valence-corrected chi connectivity index (χ1v) is 3.82. The summed E-state index contributed by atoms with van der Waals surface area (Å²) in [5.74, 6) is 1.40. The van der Waals surface area contributed by atoms with Crippen molar-refractivity contribution in [2.45, 2.75) is 26.3 Å². The van der Waals surface area contributed by atoms with Gasteiger partial charge in [0.25, 0.3) is 0 Å². The maximum Gasteiger partial charge on any atom is 0.230 e. The predicted octanol–water partition coefficient (Wildman–Crippen LogP) is 0.742. The Morgan fingerprint density at radius 1 is 1.36 bits per heavy atom. The fourth-order valence-corrected chi connectivity index (χ4v) is 0.826. The third-order valence-corrected chi connectivity index (χ3v) is 1.30. The Morgan fingerprint density at radius 3 is 2.73 bits per heavy atom. The summed E-state index contributed by atoms with van der Waals surface area (Å²) in [5, 5.41) is 10.7. The standard InChI is InChI=1S/C7H13N3O/c1-3-4-6-9-10-7(11-6)5-8-2/h8H,3-5H2,1-2H3. The van der Waals surface area contributed by atoms with Crippen LogP contribution in [0.25, 0.3) is 0 Å². The molecule has 0 saturated carbocycles. The predicted molar refractivity (Wildman–Crippen MR) is 41.1 cm³/mol. The van der Waals surface area contributed by atoms with E-state index in [-0.39, 0.29) is 0 Å². The molecule has 0 aromatic carbocycles. The Kier molecular flexibility index (Phi) is 3.04. The van der Waals surface area contributed by atoms with Crippen LogP contribution in [-0.2, 0) is 13.0 Å². The molecular formula is C7H13N3O. The molecule has 0 radical (unpaired) electrons. The van der Waals surface area contributed by atoms with Crippen LogP contribution in [0.5, 0.6) is 0 Å². The number of aryl methyl sites for hydroxylation is 1. The highest BCUT2D eigenvalue weighted by Crippen LogP contribution is 2.01. The van der Waals surface area contributed by atoms with E-state index in [9.17, 15) is 0 Å². The summed E-state index contributed by atoms with van der Waals surface area (Å²) in [6, 6.07) is 0. The molecule has 62 valence electrons. The van der Waals surface area contributed by atoms with Crippen LogP contribution < -0.4 is 5.32 Å². The summed E-state index contributed by atoms with van der Waals surface area (Å²) >= 11 is 0. The van der Waals surface area contributed by atoms with Gasteiger partial charge in [-0.2, -0.15) is 0 Å². The topological polar surface area (TPSA) is 51.0 Å². The van der Waals surface area contributed by atoms with Crippen molar-refractivity contribution >= 4 is 0 Å². The minimum absolute atomic E-state index is 0.650. The quantitative estimate of drug-likeness (QED) is 0.696. The van der Waals surface area contributed by atoms with Crippen LogP contribution in [0.4, 0.5) is 0 Å². The molecule has 0 aliphatic carbocycles. The second kappa shape index (κ2) is 4.08. The second-order valence-electron chi connectivity index (χ2n) is 2.37. The van der Waals surface area contributed by atoms with Crippen molar-refractivity contribution in [3.8, 4) is 0 Å². The normalized spacial score (nSPS) is 10.4. The number of rotatable bonds is 4. The Balaban J connectivity index is 2.51. The van der Waals surface area contributed by atoms with Crippen molar-refractivity contribution in [1.82, 2.24) is 15.5 Å². The fourth-order valence-electron chi connectivity index (χ4n) is 0.826. The smallest absolute Gasteiger partial charge is 0.230 e. The van der Waals surface area contributed by atoms with E-state index >= 15 is 0 Å². The highest BCUT2D eigenvalue weighted by atomic mass is 16.4. The number of nitrogens with zero attached hydrogens (tertiary/aromatic N) is 2. The van der Waals surface area contributed by atoms with E-state index in [1.807, 2.05) is 7.05 Å². The van der Waals surface area contributed by atoms with Crippen LogP contribution in [0.2, 0.25) is 0 Å². The molecule has 4 nitrogen and oxygen atoms in total. The van der Waals surface area contributed by atoms with E-state index in [0.717, 1.165) is 18.7 Å². The summed E-state index contributed by atoms with van der Waals surface area (Å²) in [6.45, 7) is 2.73. The lowest BCUT2D eigenvalue weighted by Crippen LogP contribution is -2.04. The fraction of sp³-hybridized carbons (Fsp3) is 0.714. The highest BCUT2D eigenvalue weighted by molar-refractivity contribution is 4.80. The lowest BCUT2D eigenvalue weighted by Gasteiger charge is -1.89. The summed E-state index contributed by atoms with van der Waals surface area (Å²) in [6.07, 6.45) is 1.91. The summed E-state index contributed by atoms with van der Waals surface area (Å²) < 4.78 is 5.28. The maximum absolute atomic E-state index is 5.28. The Hall–Kier alpha value is -0.900. The average molecular weight is 155 g/mol. The van der Waals surface area contributed by atoms with Crippen LogP contribution in [-0.4, -0.2) is 17.2 Å². The highest BCUT2D eigenvalue weighted by Gasteiger charge is 2.02. The lowest BCUT2D eigenvalue weighted by atomic mass is 10.3. The molecule has 1 N–H and O–H groups in total. The van der Waals surface area contributed by atoms with Gasteiger partial charge in [0.2, 0.25) is 11.8 Å². The van der Waals surface area contributed by atoms with Gasteiger partial charge >= 0.3 is 0 Å². The zero-order valence-corrected chi connectivity index (χ0v) is 6.92. The van der Waals surface area contributed by atoms with Gasteiger partial charge in [-0.1, -0.05) is 6.92 Å². The third kappa shape index (κ3) is 2.31. The van der Waals surface area contributed by atoms with Crippen LogP contribution in [0, 0.1) is 0 Å². The first-order chi connectivity index (χ1) is 5.36. The molecule has 0 aliphatic heterocycles. The van der Waals surface area contributed by atoms with Gasteiger partial charge in [-0.05, 0) is 13.5 Å². The van der Waals surface area contributed by atoms with Gasteiger partial charge < -0.3 is 9.73 Å². The minimum atomic E-state index is 0.650. The zero-order valence-electron chi connectivity index (χ0n) is 6.92. The third-order valence-electron chi connectivity index (χ3n) is 1.30. The average Bonchev–Trinajstić information content (AvgIpc) is 2.38. The summed E-state index contributed by atoms with van der Waals surface area (Å²) in [4.78, 5) is 0. The van der Waals surface area contributed by atoms with Gasteiger partial charge in [-0.25, -0.2) is 0 Å². The van der Waals surface area contributed by atoms with Crippen LogP contribution >= 0.6 is 0 Å². The molecule has 11 heavy (non-hydrogen) atoms. The molecule has 1 rings (SSSR count). The SMILES string of the molecule is CCCc1nnc(CNC)o1. The van der Waals surface area contributed by atoms with Crippen LogP contribution in [0.15, 0.2) is 4.42 Å². The van der Waals surface area contributed by atoms with Crippen molar-refractivity contribution in [3.05, 3.63) is 11.8 Å². The van der Waals surface area contributed by atoms with Crippen molar-refractivity contribution in [1.29, 1.82) is 0 Å². The monoisotopic (exact) mass is 155 g/mol. The molecule has 1 heterocycles. The van der Waals surface area contributed by atoms with E-state index < -0.39 is 0 Å². The summed E-state index contributed by atoms with van der Waals surface area (Å²) in [5.41, 5.74) is 0. The van der Waals surface area contributed by atoms with Crippen LogP contribution in [0.3, 0.4) is 0 Å². The Bertz CT molecular complexity index is 189. The van der Waals surface area contributed by atoms with Gasteiger partial charge in [-0.3, -0.25) is 0 Å². The molecule has 0 aliphatic rings. The number of hydrogen-bond acceptors (Lipinski definition) is 4. The number of hydrogen-bond donors (Lipinski definition) is 1. The van der Waals surface area contributed by atoms with Gasteiger partial charge in [-0.15, -0.1) is 10.2 Å². The van der Waals surface area contributed by atoms with Crippen molar-refractivity contribution < 1.29 is 4.42 Å². The molecule has 0 atom stereocenters. The van der Waals surface area contributed by atoms with Crippen LogP contribution in [0.1, 0.15) is 25.1 Å². The van der Waals surface area contributed by atoms with E-state index in [4.69, 9.17) is 4.42 Å². The van der Waals surface area contributed by atoms with Gasteiger partial charge in [0.1, 0.15) is 0 Å². The first kappa shape index (κ1) is 8.20. The second-order valence-corrected chi connectivity index (χ2v) is 2.37. The first-order valence-electron chi connectivity index (χ1n) is 3.82. The zero-order chi connectivity index (χ0) is 8.10. The van der Waals surface area contributed by atoms with Crippen molar-refractivity contribution in [2.75, 3.05) is 7.05 Å². The van der Waals surface area contributed by atoms with E-state index in [1.165, 1.54) is 0 Å². The van der Waals surface area contributed by atoms with E-state index in [1.54, 1.807) is 0 Å². The minimum Gasteiger partial charge on any atom is -0.424 e. The molecule has 0 fully saturated rings.